The van der Waals surface area contributed by atoms with E-state index in [1.165, 1.54) is 12.1 Å². The molecule has 0 saturated heterocycles. The fraction of sp³-hybridized carbons (Fsp3) is 0.432. The van der Waals surface area contributed by atoms with Gasteiger partial charge in [0.25, 0.3) is 0 Å². The third-order valence-corrected chi connectivity index (χ3v) is 8.79. The van der Waals surface area contributed by atoms with E-state index in [1.807, 2.05) is 19.9 Å². The molecule has 1 heterocycles. The number of ether oxygens (including phenoxy) is 1. The Morgan fingerprint density at radius 2 is 1.67 bits per heavy atom. The molecule has 0 radical (unpaired) electrons. The number of hydrogen-bond acceptors (Lipinski definition) is 9. The van der Waals surface area contributed by atoms with Gasteiger partial charge in [-0.2, -0.15) is 0 Å². The minimum Gasteiger partial charge on any atom is -0.508 e. The summed E-state index contributed by atoms with van der Waals surface area (Å²) < 4.78 is 12.3. The largest absolute Gasteiger partial charge is 0.508 e. The van der Waals surface area contributed by atoms with Gasteiger partial charge in [0, 0.05) is 30.7 Å². The zero-order valence-electron chi connectivity index (χ0n) is 26.4. The van der Waals surface area contributed by atoms with Crippen molar-refractivity contribution in [2.45, 2.75) is 83.8 Å². The van der Waals surface area contributed by atoms with Crippen LogP contribution in [0, 0.1) is 11.8 Å². The third-order valence-electron chi connectivity index (χ3n) is 8.79. The highest BCUT2D eigenvalue weighted by Gasteiger charge is 2.28. The minimum atomic E-state index is -0.853. The molecule has 1 aromatic heterocycles. The van der Waals surface area contributed by atoms with Gasteiger partial charge in [0.2, 0.25) is 11.2 Å². The maximum atomic E-state index is 13.8. The first kappa shape index (κ1) is 33.2. The topological polar surface area (TPSA) is 161 Å². The average molecular weight is 633 g/mol. The van der Waals surface area contributed by atoms with E-state index in [-0.39, 0.29) is 58.7 Å². The van der Waals surface area contributed by atoms with Crippen molar-refractivity contribution in [1.82, 2.24) is 0 Å². The second kappa shape index (κ2) is 14.5. The Morgan fingerprint density at radius 3 is 2.37 bits per heavy atom. The van der Waals surface area contributed by atoms with Crippen molar-refractivity contribution in [3.8, 4) is 40.1 Å². The fourth-order valence-corrected chi connectivity index (χ4v) is 6.58. The highest BCUT2D eigenvalue weighted by atomic mass is 16.5. The third kappa shape index (κ3) is 7.59. The Bertz CT molecular complexity index is 1720. The van der Waals surface area contributed by atoms with E-state index in [2.05, 4.69) is 0 Å². The molecule has 4 aromatic rings. The summed E-state index contributed by atoms with van der Waals surface area (Å²) in [5, 5.41) is 63.6. The molecule has 1 fully saturated rings. The van der Waals surface area contributed by atoms with Gasteiger partial charge in [-0.25, -0.2) is 0 Å². The lowest BCUT2D eigenvalue weighted by atomic mass is 9.93. The summed E-state index contributed by atoms with van der Waals surface area (Å²) in [5.74, 6) is -0.319. The molecule has 1 saturated carbocycles. The predicted molar refractivity (Wildman–Crippen MR) is 176 cm³/mol. The molecule has 3 aromatic carbocycles. The zero-order chi connectivity index (χ0) is 33.0. The summed E-state index contributed by atoms with van der Waals surface area (Å²) in [5.41, 5.74) is 1.44. The maximum Gasteiger partial charge on any atom is 0.238 e. The van der Waals surface area contributed by atoms with E-state index >= 15 is 0 Å². The van der Waals surface area contributed by atoms with E-state index in [9.17, 15) is 35.4 Å². The first-order valence-electron chi connectivity index (χ1n) is 16.2. The molecule has 0 spiro atoms. The van der Waals surface area contributed by atoms with Crippen molar-refractivity contribution in [3.63, 3.8) is 0 Å². The molecule has 5 rings (SSSR count). The lowest BCUT2D eigenvalue weighted by Crippen LogP contribution is -2.33. The number of fused-ring (bicyclic) bond motifs is 1. The summed E-state index contributed by atoms with van der Waals surface area (Å²) in [6, 6.07) is 12.5. The molecular formula is C37H44O9. The van der Waals surface area contributed by atoms with Crippen molar-refractivity contribution in [1.29, 1.82) is 0 Å². The van der Waals surface area contributed by atoms with Crippen LogP contribution in [0.3, 0.4) is 0 Å². The molecule has 9 heteroatoms. The molecule has 0 unspecified atom stereocenters. The Morgan fingerprint density at radius 1 is 0.935 bits per heavy atom. The number of hydrogen-bond donors (Lipinski definition) is 6. The number of phenolic OH excluding ortho intramolecular Hbond substituents is 3. The van der Waals surface area contributed by atoms with Crippen LogP contribution in [0.2, 0.25) is 0 Å². The highest BCUT2D eigenvalue weighted by Crippen LogP contribution is 2.40. The van der Waals surface area contributed by atoms with E-state index in [1.54, 1.807) is 30.3 Å². The summed E-state index contributed by atoms with van der Waals surface area (Å²) >= 11 is 0. The number of aromatic hydroxyl groups is 4. The van der Waals surface area contributed by atoms with Gasteiger partial charge in [-0.1, -0.05) is 51.7 Å². The van der Waals surface area contributed by atoms with Crippen LogP contribution < -0.4 is 10.2 Å². The van der Waals surface area contributed by atoms with Gasteiger partial charge in [-0.3, -0.25) is 4.79 Å². The van der Waals surface area contributed by atoms with Gasteiger partial charge >= 0.3 is 0 Å². The van der Waals surface area contributed by atoms with E-state index in [4.69, 9.17) is 9.15 Å². The molecule has 46 heavy (non-hydrogen) atoms. The molecule has 2 atom stereocenters. The predicted octanol–water partition coefficient (Wildman–Crippen LogP) is 6.53. The van der Waals surface area contributed by atoms with E-state index in [0.717, 1.165) is 31.2 Å². The first-order valence-corrected chi connectivity index (χ1v) is 16.2. The highest BCUT2D eigenvalue weighted by molar-refractivity contribution is 5.88. The molecule has 246 valence electrons. The number of phenols is 3. The van der Waals surface area contributed by atoms with Crippen molar-refractivity contribution in [2.75, 3.05) is 6.61 Å². The van der Waals surface area contributed by atoms with Crippen molar-refractivity contribution in [3.05, 3.63) is 75.4 Å². The van der Waals surface area contributed by atoms with Crippen LogP contribution in [0.1, 0.15) is 75.5 Å². The molecule has 0 bridgehead atoms. The number of aliphatic hydroxyl groups excluding tert-OH is 2. The molecular weight excluding hydrogens is 588 g/mol. The van der Waals surface area contributed by atoms with Gasteiger partial charge < -0.3 is 39.8 Å². The normalized spacial score (nSPS) is 15.1. The molecule has 9 nitrogen and oxygen atoms in total. The summed E-state index contributed by atoms with van der Waals surface area (Å²) in [6.07, 6.45) is 4.72. The SMILES string of the molecule is CC(C)Cc1cc(-c2oc3cc(O)cc(O[C@H](CCCO)[C@H](O)CC4CCCC4)c3c(=O)c2O)cc(Cc2cccc(O)c2)c1O. The molecule has 0 aliphatic heterocycles. The van der Waals surface area contributed by atoms with E-state index < -0.39 is 23.4 Å². The van der Waals surface area contributed by atoms with Gasteiger partial charge in [0.1, 0.15) is 40.1 Å². The summed E-state index contributed by atoms with van der Waals surface area (Å²) in [4.78, 5) is 13.8. The second-order valence-corrected chi connectivity index (χ2v) is 13.0. The zero-order valence-corrected chi connectivity index (χ0v) is 26.4. The minimum absolute atomic E-state index is 0.0213. The lowest BCUT2D eigenvalue weighted by molar-refractivity contribution is 0.0138. The summed E-state index contributed by atoms with van der Waals surface area (Å²) in [7, 11) is 0. The van der Waals surface area contributed by atoms with Gasteiger partial charge in [0.15, 0.2) is 5.76 Å². The maximum absolute atomic E-state index is 13.8. The number of aliphatic hydroxyl groups is 2. The van der Waals surface area contributed by atoms with Crippen LogP contribution in [0.25, 0.3) is 22.3 Å². The monoisotopic (exact) mass is 632 g/mol. The number of rotatable bonds is 13. The first-order chi connectivity index (χ1) is 22.0. The standard InChI is InChI=1S/C37H44O9/c1-21(2)13-24-17-26(18-25(34(24)42)14-23-9-5-10-27(39)15-23)37-36(44)35(43)33-31(19-28(40)20-32(33)46-37)45-30(11-6-12-38)29(41)16-22-7-3-4-8-22/h5,9-10,15,17-22,29-30,38-42,44H,3-4,6-8,11-14,16H2,1-2H3/t29-,30-/m1/s1. The molecule has 6 N–H and O–H groups in total. The van der Waals surface area contributed by atoms with Crippen LogP contribution in [-0.4, -0.2) is 49.5 Å². The second-order valence-electron chi connectivity index (χ2n) is 13.0. The molecule has 1 aliphatic carbocycles. The van der Waals surface area contributed by atoms with Crippen LogP contribution in [0.4, 0.5) is 0 Å². The fourth-order valence-electron chi connectivity index (χ4n) is 6.58. The van der Waals surface area contributed by atoms with Crippen molar-refractivity contribution in [2.24, 2.45) is 11.8 Å². The molecule has 0 amide bonds. The Kier molecular flexibility index (Phi) is 10.4. The van der Waals surface area contributed by atoms with Crippen LogP contribution >= 0.6 is 0 Å². The van der Waals surface area contributed by atoms with Gasteiger partial charge in [-0.05, 0) is 78.5 Å². The van der Waals surface area contributed by atoms with Crippen LogP contribution in [0.5, 0.6) is 28.7 Å². The van der Waals surface area contributed by atoms with Crippen molar-refractivity contribution < 1.29 is 39.8 Å². The summed E-state index contributed by atoms with van der Waals surface area (Å²) in [6.45, 7) is 3.93. The van der Waals surface area contributed by atoms with Crippen LogP contribution in [-0.2, 0) is 12.8 Å². The van der Waals surface area contributed by atoms with Gasteiger partial charge in [0.05, 0.1) is 6.10 Å². The van der Waals surface area contributed by atoms with Crippen LogP contribution in [0.15, 0.2) is 57.7 Å². The molecule has 1 aliphatic rings. The Balaban J connectivity index is 1.57. The quantitative estimate of drug-likeness (QED) is 0.0962. The Hall–Kier alpha value is -4.21. The smallest absolute Gasteiger partial charge is 0.238 e. The average Bonchev–Trinajstić information content (AvgIpc) is 3.51. The van der Waals surface area contributed by atoms with Gasteiger partial charge in [-0.15, -0.1) is 0 Å². The lowest BCUT2D eigenvalue weighted by Gasteiger charge is -2.26. The van der Waals surface area contributed by atoms with E-state index in [0.29, 0.717) is 48.3 Å². The Labute approximate surface area is 268 Å². The van der Waals surface area contributed by atoms with Crippen molar-refractivity contribution >= 4 is 11.0 Å². The number of benzene rings is 3.